The van der Waals surface area contributed by atoms with Gasteiger partial charge in [0.25, 0.3) is 0 Å². The first kappa shape index (κ1) is 102. The van der Waals surface area contributed by atoms with E-state index in [-0.39, 0.29) is 35.1 Å². The van der Waals surface area contributed by atoms with E-state index in [2.05, 4.69) is 568 Å². The first-order valence-corrected chi connectivity index (χ1v) is 53.3. The van der Waals surface area contributed by atoms with E-state index in [1.807, 2.05) is 0 Å². The second-order valence-electron chi connectivity index (χ2n) is 47.2. The van der Waals surface area contributed by atoms with Crippen LogP contribution in [0.1, 0.15) is 217 Å². The zero-order valence-electron chi connectivity index (χ0n) is 92.7. The summed E-state index contributed by atoms with van der Waals surface area (Å²) in [4.78, 5) is 4.61. The highest BCUT2D eigenvalue weighted by Gasteiger charge is 2.35. The van der Waals surface area contributed by atoms with Crippen molar-refractivity contribution in [3.63, 3.8) is 0 Å². The average molecular weight is 1920 g/mol. The molecule has 0 radical (unpaired) electrons. The Morgan fingerprint density at radius 1 is 0.176 bits per heavy atom. The molecular formula is C144H144B2N2. The zero-order valence-corrected chi connectivity index (χ0v) is 92.7. The van der Waals surface area contributed by atoms with Crippen LogP contribution in [0.5, 0.6) is 0 Å². The maximum atomic E-state index is 2.49. The predicted octanol–water partition coefficient (Wildman–Crippen LogP) is 36.1. The molecule has 0 unspecified atom stereocenters. The van der Waals surface area contributed by atoms with Crippen molar-refractivity contribution in [3.05, 3.63) is 473 Å². The summed E-state index contributed by atoms with van der Waals surface area (Å²) in [5.74, 6) is 0. The quantitative estimate of drug-likeness (QED) is 0.0388. The maximum Gasteiger partial charge on any atom is 0.243 e. The Bertz CT molecular complexity index is 7720. The van der Waals surface area contributed by atoms with Crippen LogP contribution < -0.4 is 42.6 Å². The molecule has 0 atom stereocenters. The fourth-order valence-electron chi connectivity index (χ4n) is 23.6. The summed E-state index contributed by atoms with van der Waals surface area (Å²) in [5.41, 5.74) is 49.5. The number of rotatable bonds is 17. The summed E-state index contributed by atoms with van der Waals surface area (Å²) in [7, 11) is 0. The second-order valence-corrected chi connectivity index (χ2v) is 47.2. The lowest BCUT2D eigenvalue weighted by molar-refractivity contribution is 0.589. The molecule has 21 aromatic carbocycles. The molecule has 21 rings (SSSR count). The van der Waals surface area contributed by atoms with Crippen LogP contribution in [-0.4, -0.2) is 13.4 Å². The largest absolute Gasteiger partial charge is 0.311 e. The van der Waals surface area contributed by atoms with Gasteiger partial charge in [0.1, 0.15) is 0 Å². The molecule has 0 aliphatic heterocycles. The lowest BCUT2D eigenvalue weighted by atomic mass is 9.33. The van der Waals surface area contributed by atoms with E-state index in [1.54, 1.807) is 0 Å². The Kier molecular flexibility index (Phi) is 27.8. The lowest BCUT2D eigenvalue weighted by Gasteiger charge is -2.28. The van der Waals surface area contributed by atoms with Gasteiger partial charge in [-0.05, 0) is 361 Å². The van der Waals surface area contributed by atoms with E-state index < -0.39 is 0 Å². The Labute approximate surface area is 883 Å². The van der Waals surface area contributed by atoms with E-state index in [4.69, 9.17) is 0 Å². The van der Waals surface area contributed by atoms with Gasteiger partial charge in [0.05, 0.1) is 0 Å². The molecule has 4 heteroatoms. The van der Waals surface area contributed by atoms with Gasteiger partial charge < -0.3 is 9.80 Å². The van der Waals surface area contributed by atoms with Crippen molar-refractivity contribution >= 4 is 180 Å². The van der Waals surface area contributed by atoms with Gasteiger partial charge in [0.2, 0.25) is 13.4 Å². The van der Waals surface area contributed by atoms with Gasteiger partial charge in [-0.15, -0.1) is 0 Å². The van der Waals surface area contributed by atoms with Crippen LogP contribution in [0, 0.1) is 111 Å². The number of nitrogens with zero attached hydrogens (tertiary/aromatic N) is 2. The lowest BCUT2D eigenvalue weighted by Crippen LogP contribution is -2.56. The summed E-state index contributed by atoms with van der Waals surface area (Å²) in [6.07, 6.45) is 8.72. The minimum absolute atomic E-state index is 0.0830. The smallest absolute Gasteiger partial charge is 0.243 e. The van der Waals surface area contributed by atoms with Crippen LogP contribution >= 0.6 is 0 Å². The van der Waals surface area contributed by atoms with E-state index in [9.17, 15) is 0 Å². The van der Waals surface area contributed by atoms with Gasteiger partial charge in [0, 0.05) is 34.1 Å². The van der Waals surface area contributed by atoms with Crippen LogP contribution in [0.2, 0.25) is 0 Å². The Morgan fingerprint density at radius 2 is 0.372 bits per heavy atom. The SMILES string of the molecule is CC(C)(C)c1cc2cc(C(C)(C)C)cc3c4cc(C(C)(C)C)cc5cc(C(C)(C)C)cc(c(c1)c23)c54.Cc1cc(C)c(B(c2c(C)cc(C)cc2C)c2ccc3ccc4ccc(B(c5c(C)cc(C)cc5C)c5c(C)cc(C)cc5C)c5ccc2c3c45)c(C)c1.Cc1ccc(N(c2ccc(C)cc2)c2ccc(/C=C/c3ccc(-c4ccc(/C=C/c5ccc(N(c6ccc(C)cc6)c6ccc(C)cc6)cc5)cc4)cc3)cc2)cc1. The first-order chi connectivity index (χ1) is 70.4. The summed E-state index contributed by atoms with van der Waals surface area (Å²) in [6.45, 7) is 64.2. The molecule has 148 heavy (non-hydrogen) atoms. The summed E-state index contributed by atoms with van der Waals surface area (Å²) in [6, 6.07) is 128. The number of aryl methyl sites for hydroxylation is 16. The molecule has 2 nitrogen and oxygen atoms in total. The highest BCUT2D eigenvalue weighted by molar-refractivity contribution is 6.99. The molecule has 0 saturated carbocycles. The molecule has 0 aliphatic carbocycles. The van der Waals surface area contributed by atoms with Crippen molar-refractivity contribution in [1.29, 1.82) is 0 Å². The van der Waals surface area contributed by atoms with E-state index in [0.29, 0.717) is 0 Å². The highest BCUT2D eigenvalue weighted by Crippen LogP contribution is 2.49. The molecular weight excluding hydrogens is 1780 g/mol. The van der Waals surface area contributed by atoms with E-state index in [0.717, 1.165) is 45.3 Å². The predicted molar refractivity (Wildman–Crippen MR) is 655 cm³/mol. The van der Waals surface area contributed by atoms with Gasteiger partial charge in [0.15, 0.2) is 0 Å². The van der Waals surface area contributed by atoms with Crippen molar-refractivity contribution in [3.8, 4) is 11.1 Å². The third-order valence-electron chi connectivity index (χ3n) is 31.2. The van der Waals surface area contributed by atoms with E-state index >= 15 is 0 Å². The normalized spacial score (nSPS) is 12.1. The molecule has 0 spiro atoms. The number of anilines is 6. The summed E-state index contributed by atoms with van der Waals surface area (Å²) >= 11 is 0. The highest BCUT2D eigenvalue weighted by atomic mass is 15.1. The molecule has 0 N–H and O–H groups in total. The maximum absolute atomic E-state index is 2.49. The molecule has 0 saturated heterocycles. The third-order valence-corrected chi connectivity index (χ3v) is 31.2. The molecule has 0 bridgehead atoms. The molecule has 0 amide bonds. The van der Waals surface area contributed by atoms with Crippen LogP contribution in [0.4, 0.5) is 34.1 Å². The van der Waals surface area contributed by atoms with Crippen LogP contribution in [0.15, 0.2) is 340 Å². The molecule has 21 aromatic rings. The second kappa shape index (κ2) is 40.4. The van der Waals surface area contributed by atoms with Crippen molar-refractivity contribution < 1.29 is 0 Å². The zero-order chi connectivity index (χ0) is 105. The number of hydrogen-bond donors (Lipinski definition) is 0. The van der Waals surface area contributed by atoms with Crippen molar-refractivity contribution in [2.75, 3.05) is 9.80 Å². The molecule has 0 heterocycles. The van der Waals surface area contributed by atoms with Crippen molar-refractivity contribution in [2.24, 2.45) is 0 Å². The molecule has 736 valence electrons. The standard InChI is InChI=1S/C56H48N2.C52H52B2.C36H44/c1-41-5-29-51(30-6-41)57(52-31-7-42(2)8-32-52)55-37-21-47(22-38-55)15-13-45-17-25-49(26-18-45)50-27-19-46(20-28-50)14-16-48-23-39-56(40-24-48)58(53-33-9-43(3)10-34-53)54-35-11-44(4)12-36-54;1-29-21-33(5)49(34(6)22-29)53(50-35(7)23-30(2)24-36(50)8)45-19-15-41-13-14-42-16-20-46(44-18-17-43(45)47(41)48(42)44)54(51-37(9)25-31(3)26-38(51)10)52-39(11)27-32(4)28-40(52)12;1-33(2,3)23-13-21-14-24(34(4,5)6)19-29-30-20-26(36(10,11)12)16-22-15-25(35(7,8)9)18-28(32(22)30)27(17-23)31(21)29/h5-40H,1-4H3;13-28H,1-12H3;13-20H,1-12H3/b15-13+,16-14+;;. The first-order valence-electron chi connectivity index (χ1n) is 53.3. The van der Waals surface area contributed by atoms with Gasteiger partial charge in [-0.1, -0.05) is 472 Å². The molecule has 0 fully saturated rings. The molecule has 0 aromatic heterocycles. The Balaban J connectivity index is 0.000000143. The monoisotopic (exact) mass is 1920 g/mol. The van der Waals surface area contributed by atoms with Crippen molar-refractivity contribution in [2.45, 2.75) is 216 Å². The average Bonchev–Trinajstić information content (AvgIpc) is 0.704. The Morgan fingerprint density at radius 3 is 0.581 bits per heavy atom. The van der Waals surface area contributed by atoms with Gasteiger partial charge in [-0.2, -0.15) is 0 Å². The van der Waals surface area contributed by atoms with Gasteiger partial charge in [-0.3, -0.25) is 0 Å². The molecule has 0 aliphatic rings. The topological polar surface area (TPSA) is 6.48 Å². The number of fused-ring (bicyclic) bond motifs is 2. The Hall–Kier alpha value is -14.8. The van der Waals surface area contributed by atoms with Crippen LogP contribution in [-0.2, 0) is 21.7 Å². The van der Waals surface area contributed by atoms with E-state index in [1.165, 1.54) is 242 Å². The van der Waals surface area contributed by atoms with Gasteiger partial charge in [-0.25, -0.2) is 0 Å². The van der Waals surface area contributed by atoms with Crippen LogP contribution in [0.25, 0.3) is 111 Å². The van der Waals surface area contributed by atoms with Crippen molar-refractivity contribution in [1.82, 2.24) is 0 Å². The minimum atomic E-state index is 0.0830. The fraction of sp³-hybridized carbons (Fsp3) is 0.222. The summed E-state index contributed by atoms with van der Waals surface area (Å²) in [5, 5.41) is 19.3. The summed E-state index contributed by atoms with van der Waals surface area (Å²) < 4.78 is 0. The van der Waals surface area contributed by atoms with Crippen LogP contribution in [0.3, 0.4) is 0 Å². The van der Waals surface area contributed by atoms with Gasteiger partial charge >= 0.3 is 0 Å². The minimum Gasteiger partial charge on any atom is -0.311 e. The third kappa shape index (κ3) is 20.8. The number of benzene rings is 21. The number of hydrogen-bond acceptors (Lipinski definition) is 2. The fourth-order valence-corrected chi connectivity index (χ4v) is 23.6.